The van der Waals surface area contributed by atoms with Crippen LogP contribution in [0.15, 0.2) is 48.5 Å². The molecule has 2 amide bonds. The Morgan fingerprint density at radius 1 is 0.690 bits per heavy atom. The lowest BCUT2D eigenvalue weighted by Crippen LogP contribution is -2.08. The van der Waals surface area contributed by atoms with Crippen molar-refractivity contribution in [3.05, 3.63) is 54.4 Å². The molecular formula is C20H21N7O2. The molecule has 1 aromatic heterocycles. The fourth-order valence-electron chi connectivity index (χ4n) is 2.61. The highest BCUT2D eigenvalue weighted by molar-refractivity contribution is 5.90. The van der Waals surface area contributed by atoms with Gasteiger partial charge in [0.2, 0.25) is 23.7 Å². The van der Waals surface area contributed by atoms with E-state index < -0.39 is 0 Å². The second kappa shape index (κ2) is 8.79. The Kier molecular flexibility index (Phi) is 5.98. The molecule has 0 saturated heterocycles. The summed E-state index contributed by atoms with van der Waals surface area (Å²) in [6, 6.07) is 14.5. The first kappa shape index (κ1) is 19.7. The van der Waals surface area contributed by atoms with Crippen LogP contribution in [0.3, 0.4) is 0 Å². The van der Waals surface area contributed by atoms with Gasteiger partial charge in [-0.15, -0.1) is 0 Å². The van der Waals surface area contributed by atoms with E-state index in [2.05, 4.69) is 36.2 Å². The van der Waals surface area contributed by atoms with Gasteiger partial charge in [-0.2, -0.15) is 15.0 Å². The maximum atomic E-state index is 11.2. The zero-order valence-corrected chi connectivity index (χ0v) is 16.3. The van der Waals surface area contributed by atoms with Crippen molar-refractivity contribution in [3.8, 4) is 0 Å². The van der Waals surface area contributed by atoms with Crippen molar-refractivity contribution in [2.24, 2.45) is 0 Å². The minimum absolute atomic E-state index is 0.147. The average Bonchev–Trinajstić information content (AvgIpc) is 2.60. The highest BCUT2D eigenvalue weighted by Crippen LogP contribution is 2.21. The average molecular weight is 391 g/mol. The van der Waals surface area contributed by atoms with Crippen LogP contribution in [0.1, 0.15) is 19.7 Å². The normalized spacial score (nSPS) is 10.2. The number of amides is 2. The van der Waals surface area contributed by atoms with E-state index in [4.69, 9.17) is 0 Å². The molecule has 29 heavy (non-hydrogen) atoms. The molecule has 9 heteroatoms. The largest absolute Gasteiger partial charge is 0.326 e. The Bertz CT molecular complexity index is 973. The number of anilines is 6. The van der Waals surface area contributed by atoms with Crippen LogP contribution in [0.2, 0.25) is 0 Å². The minimum atomic E-state index is -0.147. The number of aryl methyl sites for hydroxylation is 1. The van der Waals surface area contributed by atoms with Gasteiger partial charge in [-0.1, -0.05) is 12.1 Å². The molecule has 0 aliphatic carbocycles. The number of aromatic nitrogens is 3. The number of rotatable bonds is 6. The van der Waals surface area contributed by atoms with Crippen LogP contribution < -0.4 is 21.3 Å². The van der Waals surface area contributed by atoms with Crippen molar-refractivity contribution >= 4 is 46.5 Å². The van der Waals surface area contributed by atoms with E-state index in [-0.39, 0.29) is 11.8 Å². The van der Waals surface area contributed by atoms with E-state index in [0.717, 1.165) is 11.4 Å². The van der Waals surface area contributed by atoms with E-state index in [0.29, 0.717) is 29.1 Å². The monoisotopic (exact) mass is 391 g/mol. The predicted molar refractivity (Wildman–Crippen MR) is 113 cm³/mol. The zero-order valence-electron chi connectivity index (χ0n) is 16.3. The summed E-state index contributed by atoms with van der Waals surface area (Å²) in [5.74, 6) is 0.953. The van der Waals surface area contributed by atoms with Crippen molar-refractivity contribution in [1.29, 1.82) is 0 Å². The number of benzene rings is 2. The summed E-state index contributed by atoms with van der Waals surface area (Å²) in [5.41, 5.74) is 2.78. The van der Waals surface area contributed by atoms with Crippen molar-refractivity contribution in [2.75, 3.05) is 21.3 Å². The molecule has 0 spiro atoms. The van der Waals surface area contributed by atoms with Crippen LogP contribution in [-0.2, 0) is 9.59 Å². The van der Waals surface area contributed by atoms with Crippen LogP contribution in [0.25, 0.3) is 0 Å². The molecular weight excluding hydrogens is 370 g/mol. The molecule has 9 nitrogen and oxygen atoms in total. The molecule has 4 N–H and O–H groups in total. The summed E-state index contributed by atoms with van der Waals surface area (Å²) in [4.78, 5) is 35.5. The van der Waals surface area contributed by atoms with Gasteiger partial charge in [-0.25, -0.2) is 0 Å². The zero-order chi connectivity index (χ0) is 20.8. The lowest BCUT2D eigenvalue weighted by atomic mass is 10.2. The lowest BCUT2D eigenvalue weighted by Gasteiger charge is -2.11. The number of carbonyl (C=O) groups excluding carboxylic acids is 2. The van der Waals surface area contributed by atoms with Crippen LogP contribution in [0.4, 0.5) is 34.6 Å². The molecule has 0 fully saturated rings. The van der Waals surface area contributed by atoms with Gasteiger partial charge < -0.3 is 21.3 Å². The van der Waals surface area contributed by atoms with Crippen LogP contribution in [0, 0.1) is 6.92 Å². The number of hydrogen-bond donors (Lipinski definition) is 4. The number of carbonyl (C=O) groups is 2. The molecule has 0 bridgehead atoms. The lowest BCUT2D eigenvalue weighted by molar-refractivity contribution is -0.115. The van der Waals surface area contributed by atoms with Gasteiger partial charge in [0.15, 0.2) is 0 Å². The first-order valence-corrected chi connectivity index (χ1v) is 8.89. The molecule has 2 aromatic carbocycles. The van der Waals surface area contributed by atoms with E-state index in [1.165, 1.54) is 13.8 Å². The fraction of sp³-hybridized carbons (Fsp3) is 0.150. The van der Waals surface area contributed by atoms with Gasteiger partial charge in [0, 0.05) is 36.6 Å². The maximum absolute atomic E-state index is 11.2. The Hall–Kier alpha value is -4.01. The summed E-state index contributed by atoms with van der Waals surface area (Å²) < 4.78 is 0. The molecule has 0 radical (unpaired) electrons. The Balaban J connectivity index is 1.78. The summed E-state index contributed by atoms with van der Waals surface area (Å²) >= 11 is 0. The number of nitrogens with one attached hydrogen (secondary N) is 4. The van der Waals surface area contributed by atoms with E-state index in [9.17, 15) is 9.59 Å². The maximum Gasteiger partial charge on any atom is 0.232 e. The van der Waals surface area contributed by atoms with E-state index in [1.54, 1.807) is 31.2 Å². The third-order valence-corrected chi connectivity index (χ3v) is 3.63. The Labute approximate surface area is 168 Å². The Morgan fingerprint density at radius 3 is 1.52 bits per heavy atom. The van der Waals surface area contributed by atoms with Crippen LogP contribution in [0.5, 0.6) is 0 Å². The first-order chi connectivity index (χ1) is 13.9. The third-order valence-electron chi connectivity index (χ3n) is 3.63. The third kappa shape index (κ3) is 5.99. The second-order valence-corrected chi connectivity index (χ2v) is 6.30. The predicted octanol–water partition coefficient (Wildman–Crippen LogP) is 3.58. The first-order valence-electron chi connectivity index (χ1n) is 8.89. The van der Waals surface area contributed by atoms with Crippen molar-refractivity contribution < 1.29 is 9.59 Å². The molecule has 0 unspecified atom stereocenters. The SMILES string of the molecule is CC(=O)Nc1cccc(Nc2nc(C)nc(Nc3cccc(NC(C)=O)c3)n2)c1. The standard InChI is InChI=1S/C20H21N7O2/c1-12-21-19(25-17-8-4-6-15(10-17)23-13(2)28)27-20(22-12)26-18-9-5-7-16(11-18)24-14(3)29/h4-11H,1-3H3,(H,23,28)(H,24,29)(H2,21,22,25,26,27). The van der Waals surface area contributed by atoms with Gasteiger partial charge in [-0.3, -0.25) is 9.59 Å². The molecule has 1 heterocycles. The summed E-state index contributed by atoms with van der Waals surface area (Å²) in [6.07, 6.45) is 0. The molecule has 0 aliphatic rings. The molecule has 0 aliphatic heterocycles. The van der Waals surface area contributed by atoms with Crippen molar-refractivity contribution in [3.63, 3.8) is 0 Å². The summed E-state index contributed by atoms with van der Waals surface area (Å²) in [6.45, 7) is 4.67. The van der Waals surface area contributed by atoms with Gasteiger partial charge in [0.1, 0.15) is 5.82 Å². The summed E-state index contributed by atoms with van der Waals surface area (Å²) in [7, 11) is 0. The van der Waals surface area contributed by atoms with Gasteiger partial charge in [0.25, 0.3) is 0 Å². The highest BCUT2D eigenvalue weighted by Gasteiger charge is 2.07. The topological polar surface area (TPSA) is 121 Å². The van der Waals surface area contributed by atoms with E-state index in [1.807, 2.05) is 24.3 Å². The van der Waals surface area contributed by atoms with Gasteiger partial charge in [0.05, 0.1) is 0 Å². The van der Waals surface area contributed by atoms with Gasteiger partial charge in [-0.05, 0) is 43.3 Å². The molecule has 0 atom stereocenters. The quantitative estimate of drug-likeness (QED) is 0.507. The highest BCUT2D eigenvalue weighted by atomic mass is 16.2. The molecule has 148 valence electrons. The number of hydrogen-bond acceptors (Lipinski definition) is 7. The van der Waals surface area contributed by atoms with Crippen molar-refractivity contribution in [1.82, 2.24) is 15.0 Å². The van der Waals surface area contributed by atoms with Crippen LogP contribution in [-0.4, -0.2) is 26.8 Å². The van der Waals surface area contributed by atoms with Crippen LogP contribution >= 0.6 is 0 Å². The second-order valence-electron chi connectivity index (χ2n) is 6.30. The summed E-state index contributed by atoms with van der Waals surface area (Å²) in [5, 5.41) is 11.7. The number of nitrogens with zero attached hydrogens (tertiary/aromatic N) is 3. The fourth-order valence-corrected chi connectivity index (χ4v) is 2.61. The van der Waals surface area contributed by atoms with Gasteiger partial charge >= 0.3 is 0 Å². The molecule has 0 saturated carbocycles. The molecule has 3 aromatic rings. The van der Waals surface area contributed by atoms with E-state index >= 15 is 0 Å². The molecule has 3 rings (SSSR count). The minimum Gasteiger partial charge on any atom is -0.326 e. The smallest absolute Gasteiger partial charge is 0.232 e. The van der Waals surface area contributed by atoms with Crippen molar-refractivity contribution in [2.45, 2.75) is 20.8 Å². The Morgan fingerprint density at radius 2 is 1.10 bits per heavy atom.